The summed E-state index contributed by atoms with van der Waals surface area (Å²) in [6.45, 7) is 6.59. The molecule has 1 heteroatoms. The monoisotopic (exact) mass is 190 g/mol. The molecule has 0 aliphatic heterocycles. The van der Waals surface area contributed by atoms with Gasteiger partial charge in [-0.1, -0.05) is 38.5 Å². The van der Waals surface area contributed by atoms with Crippen LogP contribution in [0.1, 0.15) is 31.9 Å². The van der Waals surface area contributed by atoms with Crippen LogP contribution in [0.2, 0.25) is 0 Å². The van der Waals surface area contributed by atoms with Crippen LogP contribution in [0.4, 0.5) is 4.39 Å². The van der Waals surface area contributed by atoms with E-state index in [1.807, 2.05) is 6.07 Å². The quantitative estimate of drug-likeness (QED) is 0.583. The van der Waals surface area contributed by atoms with E-state index in [9.17, 15) is 4.39 Å². The van der Waals surface area contributed by atoms with Gasteiger partial charge in [0.15, 0.2) is 0 Å². The maximum atomic E-state index is 13.0. The highest BCUT2D eigenvalue weighted by Gasteiger charge is 2.22. The van der Waals surface area contributed by atoms with Crippen LogP contribution in [-0.2, 0) is 6.42 Å². The Labute approximate surface area is 84.5 Å². The lowest BCUT2D eigenvalue weighted by Crippen LogP contribution is -2.08. The Morgan fingerprint density at radius 3 is 2.57 bits per heavy atom. The molecule has 0 unspecified atom stereocenters. The van der Waals surface area contributed by atoms with Crippen molar-refractivity contribution in [1.29, 1.82) is 0 Å². The third kappa shape index (κ3) is 1.59. The highest BCUT2D eigenvalue weighted by molar-refractivity contribution is 5.64. The summed E-state index contributed by atoms with van der Waals surface area (Å²) in [6, 6.07) is 5.05. The van der Waals surface area contributed by atoms with Crippen molar-refractivity contribution in [2.45, 2.75) is 27.2 Å². The summed E-state index contributed by atoms with van der Waals surface area (Å²) >= 11 is 0. The fraction of sp³-hybridized carbons (Fsp3) is 0.385. The van der Waals surface area contributed by atoms with Crippen molar-refractivity contribution < 1.29 is 4.39 Å². The number of allylic oxidation sites excluding steroid dienone is 1. The van der Waals surface area contributed by atoms with Crippen molar-refractivity contribution in [2.24, 2.45) is 5.41 Å². The van der Waals surface area contributed by atoms with E-state index in [1.54, 1.807) is 6.07 Å². The number of hydrogen-bond donors (Lipinski definition) is 0. The van der Waals surface area contributed by atoms with E-state index in [1.165, 1.54) is 17.2 Å². The highest BCUT2D eigenvalue weighted by Crippen LogP contribution is 2.36. The lowest BCUT2D eigenvalue weighted by molar-refractivity contribution is 0.498. The maximum Gasteiger partial charge on any atom is 0.123 e. The molecule has 1 aromatic carbocycles. The van der Waals surface area contributed by atoms with Crippen molar-refractivity contribution in [2.75, 3.05) is 0 Å². The van der Waals surface area contributed by atoms with Crippen molar-refractivity contribution in [3.8, 4) is 0 Å². The predicted molar refractivity (Wildman–Crippen MR) is 57.5 cm³/mol. The predicted octanol–water partition coefficient (Wildman–Crippen LogP) is 3.81. The van der Waals surface area contributed by atoms with Crippen LogP contribution < -0.4 is 0 Å². The van der Waals surface area contributed by atoms with Gasteiger partial charge in [0.2, 0.25) is 0 Å². The third-order valence-corrected chi connectivity index (χ3v) is 2.78. The second-order valence-corrected chi connectivity index (χ2v) is 4.94. The van der Waals surface area contributed by atoms with Gasteiger partial charge in [0, 0.05) is 0 Å². The molecule has 0 aromatic heterocycles. The fourth-order valence-corrected chi connectivity index (χ4v) is 1.79. The summed E-state index contributed by atoms with van der Waals surface area (Å²) < 4.78 is 13.0. The standard InChI is InChI=1S/C13H15F/c1-13(2,3)11-6-9-4-5-12(14)8-10(9)7-11/h4-5,7-8H,6H2,1-3H3. The first kappa shape index (κ1) is 9.45. The number of fused-ring (bicyclic) bond motifs is 1. The Morgan fingerprint density at radius 1 is 1.21 bits per heavy atom. The molecule has 1 aliphatic carbocycles. The molecule has 0 fully saturated rings. The molecular formula is C13H15F. The molecule has 2 rings (SSSR count). The van der Waals surface area contributed by atoms with Crippen molar-refractivity contribution in [3.63, 3.8) is 0 Å². The van der Waals surface area contributed by atoms with Crippen LogP contribution in [-0.4, -0.2) is 0 Å². The lowest BCUT2D eigenvalue weighted by atomic mass is 9.85. The van der Waals surface area contributed by atoms with Crippen molar-refractivity contribution in [3.05, 3.63) is 40.7 Å². The van der Waals surface area contributed by atoms with Gasteiger partial charge in [-0.2, -0.15) is 0 Å². The Hall–Kier alpha value is -1.11. The summed E-state index contributed by atoms with van der Waals surface area (Å²) in [4.78, 5) is 0. The Morgan fingerprint density at radius 2 is 1.93 bits per heavy atom. The molecule has 0 atom stereocenters. The molecule has 0 heterocycles. The zero-order valence-electron chi connectivity index (χ0n) is 8.89. The number of benzene rings is 1. The molecule has 0 bridgehead atoms. The van der Waals surface area contributed by atoms with Gasteiger partial charge >= 0.3 is 0 Å². The van der Waals surface area contributed by atoms with Gasteiger partial charge in [-0.15, -0.1) is 0 Å². The lowest BCUT2D eigenvalue weighted by Gasteiger charge is -2.19. The number of rotatable bonds is 0. The van der Waals surface area contributed by atoms with Gasteiger partial charge in [-0.25, -0.2) is 4.39 Å². The van der Waals surface area contributed by atoms with Crippen LogP contribution in [0.25, 0.3) is 6.08 Å². The zero-order valence-corrected chi connectivity index (χ0v) is 8.89. The summed E-state index contributed by atoms with van der Waals surface area (Å²) in [5.74, 6) is -0.143. The third-order valence-electron chi connectivity index (χ3n) is 2.78. The van der Waals surface area contributed by atoms with E-state index in [0.29, 0.717) is 0 Å². The van der Waals surface area contributed by atoms with Crippen LogP contribution in [0.15, 0.2) is 23.8 Å². The van der Waals surface area contributed by atoms with Crippen molar-refractivity contribution in [1.82, 2.24) is 0 Å². The fourth-order valence-electron chi connectivity index (χ4n) is 1.79. The minimum Gasteiger partial charge on any atom is -0.207 e. The van der Waals surface area contributed by atoms with Gasteiger partial charge < -0.3 is 0 Å². The molecule has 0 spiro atoms. The molecule has 74 valence electrons. The van der Waals surface area contributed by atoms with Crippen LogP contribution in [0, 0.1) is 11.2 Å². The summed E-state index contributed by atoms with van der Waals surface area (Å²) in [5.41, 5.74) is 3.87. The zero-order chi connectivity index (χ0) is 10.3. The van der Waals surface area contributed by atoms with Gasteiger partial charge in [0.1, 0.15) is 5.82 Å². The molecule has 1 aromatic rings. The molecule has 1 aliphatic rings. The molecule has 0 saturated heterocycles. The Kier molecular flexibility index (Phi) is 1.99. The van der Waals surface area contributed by atoms with E-state index in [4.69, 9.17) is 0 Å². The van der Waals surface area contributed by atoms with Gasteiger partial charge in [-0.05, 0) is 35.1 Å². The largest absolute Gasteiger partial charge is 0.207 e. The summed E-state index contributed by atoms with van der Waals surface area (Å²) in [5, 5.41) is 0. The van der Waals surface area contributed by atoms with Crippen LogP contribution >= 0.6 is 0 Å². The Balaban J connectivity index is 2.39. The van der Waals surface area contributed by atoms with E-state index < -0.39 is 0 Å². The molecular weight excluding hydrogens is 175 g/mol. The maximum absolute atomic E-state index is 13.0. The summed E-state index contributed by atoms with van der Waals surface area (Å²) in [6.07, 6.45) is 3.09. The summed E-state index contributed by atoms with van der Waals surface area (Å²) in [7, 11) is 0. The first-order valence-corrected chi connectivity index (χ1v) is 4.96. The van der Waals surface area contributed by atoms with E-state index in [-0.39, 0.29) is 11.2 Å². The first-order chi connectivity index (χ1) is 6.47. The van der Waals surface area contributed by atoms with E-state index in [0.717, 1.165) is 12.0 Å². The second kappa shape index (κ2) is 2.94. The molecule has 0 nitrogen and oxygen atoms in total. The number of hydrogen-bond acceptors (Lipinski definition) is 0. The minimum absolute atomic E-state index is 0.143. The Bertz CT molecular complexity index is 394. The van der Waals surface area contributed by atoms with Gasteiger partial charge in [-0.3, -0.25) is 0 Å². The molecule has 0 saturated carbocycles. The normalized spacial score (nSPS) is 15.3. The first-order valence-electron chi connectivity index (χ1n) is 4.96. The highest BCUT2D eigenvalue weighted by atomic mass is 19.1. The SMILES string of the molecule is CC(C)(C)C1=Cc2cc(F)ccc2C1. The second-order valence-electron chi connectivity index (χ2n) is 4.94. The average Bonchev–Trinajstić information content (AvgIpc) is 2.45. The molecule has 0 N–H and O–H groups in total. The van der Waals surface area contributed by atoms with Crippen LogP contribution in [0.3, 0.4) is 0 Å². The topological polar surface area (TPSA) is 0 Å². The minimum atomic E-state index is -0.143. The van der Waals surface area contributed by atoms with E-state index in [2.05, 4.69) is 26.8 Å². The number of halogens is 1. The van der Waals surface area contributed by atoms with Gasteiger partial charge in [0.25, 0.3) is 0 Å². The molecule has 0 radical (unpaired) electrons. The van der Waals surface area contributed by atoms with E-state index >= 15 is 0 Å². The van der Waals surface area contributed by atoms with Crippen LogP contribution in [0.5, 0.6) is 0 Å². The smallest absolute Gasteiger partial charge is 0.123 e. The average molecular weight is 190 g/mol. The van der Waals surface area contributed by atoms with Crippen molar-refractivity contribution >= 4 is 6.08 Å². The van der Waals surface area contributed by atoms with Gasteiger partial charge in [0.05, 0.1) is 0 Å². The molecule has 0 amide bonds. The molecule has 14 heavy (non-hydrogen) atoms.